The molecule has 5 heteroatoms. The predicted octanol–water partition coefficient (Wildman–Crippen LogP) is 0.545. The number of carbonyl (C=O) groups excluding carboxylic acids is 1. The van der Waals surface area contributed by atoms with Gasteiger partial charge in [0.15, 0.2) is 0 Å². The molecule has 2 N–H and O–H groups in total. The average molecular weight is 245 g/mol. The molecule has 1 aliphatic rings. The Morgan fingerprint density at radius 3 is 3.06 bits per heavy atom. The fourth-order valence-electron chi connectivity index (χ4n) is 1.95. The zero-order chi connectivity index (χ0) is 13.0. The summed E-state index contributed by atoms with van der Waals surface area (Å²) < 4.78 is 5.15. The summed E-state index contributed by atoms with van der Waals surface area (Å²) in [7, 11) is 1.55. The highest BCUT2D eigenvalue weighted by atomic mass is 16.5. The Labute approximate surface area is 106 Å². The summed E-state index contributed by atoms with van der Waals surface area (Å²) in [6, 6.07) is 7.73. The van der Waals surface area contributed by atoms with Crippen molar-refractivity contribution in [3.8, 4) is 11.8 Å². The second-order valence-electron chi connectivity index (χ2n) is 4.23. The number of methoxy groups -OCH3 is 1. The molecule has 0 radical (unpaired) electrons. The van der Waals surface area contributed by atoms with E-state index in [1.54, 1.807) is 13.2 Å². The topological polar surface area (TPSA) is 74.2 Å². The molecule has 1 aliphatic heterocycles. The lowest BCUT2D eigenvalue weighted by Gasteiger charge is -2.11. The quantitative estimate of drug-likeness (QED) is 0.812. The van der Waals surface area contributed by atoms with E-state index in [9.17, 15) is 4.79 Å². The van der Waals surface area contributed by atoms with Gasteiger partial charge in [0.25, 0.3) is 0 Å². The van der Waals surface area contributed by atoms with Crippen molar-refractivity contribution in [3.63, 3.8) is 0 Å². The van der Waals surface area contributed by atoms with Gasteiger partial charge in [-0.3, -0.25) is 4.79 Å². The van der Waals surface area contributed by atoms with Crippen molar-refractivity contribution in [1.82, 2.24) is 10.6 Å². The monoisotopic (exact) mass is 245 g/mol. The summed E-state index contributed by atoms with van der Waals surface area (Å²) in [5.41, 5.74) is 1.56. The number of amides is 1. The number of nitriles is 1. The maximum atomic E-state index is 11.0. The van der Waals surface area contributed by atoms with Crippen LogP contribution < -0.4 is 15.4 Å². The first-order valence-corrected chi connectivity index (χ1v) is 5.80. The number of carbonyl (C=O) groups is 1. The van der Waals surface area contributed by atoms with Crippen molar-refractivity contribution in [1.29, 1.82) is 5.26 Å². The molecule has 1 aromatic carbocycles. The van der Waals surface area contributed by atoms with Crippen LogP contribution in [0.1, 0.15) is 17.5 Å². The lowest BCUT2D eigenvalue weighted by Crippen LogP contribution is -2.30. The van der Waals surface area contributed by atoms with Crippen LogP contribution in [0.25, 0.3) is 0 Å². The minimum absolute atomic E-state index is 0.0879. The Morgan fingerprint density at radius 1 is 1.61 bits per heavy atom. The van der Waals surface area contributed by atoms with Gasteiger partial charge in [-0.05, 0) is 17.7 Å². The molecule has 0 spiro atoms. The molecule has 18 heavy (non-hydrogen) atoms. The Bertz CT molecular complexity index is 493. The van der Waals surface area contributed by atoms with Gasteiger partial charge in [-0.25, -0.2) is 0 Å². The summed E-state index contributed by atoms with van der Waals surface area (Å²) in [6.45, 7) is 1.33. The third-order valence-electron chi connectivity index (χ3n) is 2.96. The number of hydrogen-bond donors (Lipinski definition) is 2. The minimum atomic E-state index is 0.0879. The molecular formula is C13H15N3O2. The number of benzene rings is 1. The van der Waals surface area contributed by atoms with Crippen molar-refractivity contribution < 1.29 is 9.53 Å². The molecule has 1 heterocycles. The molecule has 1 unspecified atom stereocenters. The first-order valence-electron chi connectivity index (χ1n) is 5.80. The first kappa shape index (κ1) is 12.4. The van der Waals surface area contributed by atoms with Crippen LogP contribution in [0.4, 0.5) is 0 Å². The summed E-state index contributed by atoms with van der Waals surface area (Å²) >= 11 is 0. The van der Waals surface area contributed by atoms with Gasteiger partial charge in [-0.2, -0.15) is 5.26 Å². The highest BCUT2D eigenvalue weighted by Gasteiger charge is 2.20. The van der Waals surface area contributed by atoms with E-state index >= 15 is 0 Å². The van der Waals surface area contributed by atoms with Crippen molar-refractivity contribution >= 4 is 5.91 Å². The molecule has 1 atom stereocenters. The van der Waals surface area contributed by atoms with Crippen LogP contribution in [-0.4, -0.2) is 25.6 Å². The Kier molecular flexibility index (Phi) is 3.80. The van der Waals surface area contributed by atoms with Gasteiger partial charge in [0.05, 0.1) is 12.7 Å². The molecule has 5 nitrogen and oxygen atoms in total. The number of rotatable bonds is 4. The fraction of sp³-hybridized carbons (Fsp3) is 0.385. The van der Waals surface area contributed by atoms with E-state index in [4.69, 9.17) is 10.00 Å². The van der Waals surface area contributed by atoms with Crippen molar-refractivity contribution in [2.45, 2.75) is 19.0 Å². The number of nitrogens with zero attached hydrogens (tertiary/aromatic N) is 1. The van der Waals surface area contributed by atoms with Crippen LogP contribution in [0.15, 0.2) is 18.2 Å². The van der Waals surface area contributed by atoms with Crippen LogP contribution >= 0.6 is 0 Å². The smallest absolute Gasteiger partial charge is 0.221 e. The van der Waals surface area contributed by atoms with E-state index in [2.05, 4.69) is 16.7 Å². The van der Waals surface area contributed by atoms with E-state index in [1.807, 2.05) is 12.1 Å². The predicted molar refractivity (Wildman–Crippen MR) is 66.0 cm³/mol. The minimum Gasteiger partial charge on any atom is -0.495 e. The normalized spacial score (nSPS) is 18.2. The molecule has 0 aromatic heterocycles. The Hall–Kier alpha value is -2.06. The van der Waals surface area contributed by atoms with Crippen molar-refractivity contribution in [2.24, 2.45) is 0 Å². The van der Waals surface area contributed by atoms with Crippen LogP contribution in [0, 0.1) is 11.3 Å². The van der Waals surface area contributed by atoms with E-state index < -0.39 is 0 Å². The Morgan fingerprint density at radius 2 is 2.44 bits per heavy atom. The molecule has 1 aromatic rings. The van der Waals surface area contributed by atoms with Gasteiger partial charge in [0, 0.05) is 25.6 Å². The molecule has 2 rings (SSSR count). The van der Waals surface area contributed by atoms with E-state index in [-0.39, 0.29) is 11.9 Å². The molecular weight excluding hydrogens is 230 g/mol. The van der Waals surface area contributed by atoms with Crippen LogP contribution in [0.2, 0.25) is 0 Å². The van der Waals surface area contributed by atoms with E-state index in [0.29, 0.717) is 30.8 Å². The lowest BCUT2D eigenvalue weighted by molar-refractivity contribution is -0.119. The second-order valence-corrected chi connectivity index (χ2v) is 4.23. The van der Waals surface area contributed by atoms with Crippen LogP contribution in [-0.2, 0) is 11.3 Å². The van der Waals surface area contributed by atoms with Crippen LogP contribution in [0.5, 0.6) is 5.75 Å². The highest BCUT2D eigenvalue weighted by Crippen LogP contribution is 2.19. The highest BCUT2D eigenvalue weighted by molar-refractivity contribution is 5.78. The van der Waals surface area contributed by atoms with Crippen molar-refractivity contribution in [2.75, 3.05) is 13.7 Å². The van der Waals surface area contributed by atoms with Gasteiger partial charge < -0.3 is 15.4 Å². The van der Waals surface area contributed by atoms with Crippen LogP contribution in [0.3, 0.4) is 0 Å². The van der Waals surface area contributed by atoms with Gasteiger partial charge in [-0.1, -0.05) is 6.07 Å². The number of hydrogen-bond acceptors (Lipinski definition) is 4. The molecule has 1 saturated heterocycles. The molecule has 0 aliphatic carbocycles. The third-order valence-corrected chi connectivity index (χ3v) is 2.96. The summed E-state index contributed by atoms with van der Waals surface area (Å²) in [5, 5.41) is 15.0. The van der Waals surface area contributed by atoms with Gasteiger partial charge >= 0.3 is 0 Å². The largest absolute Gasteiger partial charge is 0.495 e. The van der Waals surface area contributed by atoms with Gasteiger partial charge in [0.2, 0.25) is 5.91 Å². The molecule has 1 fully saturated rings. The van der Waals surface area contributed by atoms with Crippen molar-refractivity contribution in [3.05, 3.63) is 29.3 Å². The second kappa shape index (κ2) is 5.52. The summed E-state index contributed by atoms with van der Waals surface area (Å²) in [4.78, 5) is 11.0. The van der Waals surface area contributed by atoms with Gasteiger partial charge in [0.1, 0.15) is 11.8 Å². The zero-order valence-corrected chi connectivity index (χ0v) is 10.2. The number of nitrogens with one attached hydrogen (secondary N) is 2. The van der Waals surface area contributed by atoms with E-state index in [0.717, 1.165) is 5.56 Å². The SMILES string of the molecule is COc1cc(CNC2CNC(=O)C2)ccc1C#N. The standard InChI is InChI=1S/C13H15N3O2/c1-18-12-4-9(2-3-10(12)6-14)7-15-11-5-13(17)16-8-11/h2-4,11,15H,5,7-8H2,1H3,(H,16,17). The third kappa shape index (κ3) is 2.79. The van der Waals surface area contributed by atoms with Gasteiger partial charge in [-0.15, -0.1) is 0 Å². The summed E-state index contributed by atoms with van der Waals surface area (Å²) in [6.07, 6.45) is 0.521. The maximum absolute atomic E-state index is 11.0. The Balaban J connectivity index is 1.97. The fourth-order valence-corrected chi connectivity index (χ4v) is 1.95. The van der Waals surface area contributed by atoms with E-state index in [1.165, 1.54) is 0 Å². The molecule has 94 valence electrons. The molecule has 0 saturated carbocycles. The average Bonchev–Trinajstić information content (AvgIpc) is 2.81. The molecule has 1 amide bonds. The zero-order valence-electron chi connectivity index (χ0n) is 10.2. The summed E-state index contributed by atoms with van der Waals surface area (Å²) in [5.74, 6) is 0.669. The lowest BCUT2D eigenvalue weighted by atomic mass is 10.1. The number of ether oxygens (including phenoxy) is 1. The maximum Gasteiger partial charge on any atom is 0.221 e. The molecule has 0 bridgehead atoms. The first-order chi connectivity index (χ1) is 8.72.